The third-order valence-electron chi connectivity index (χ3n) is 2.91. The van der Waals surface area contributed by atoms with Crippen LogP contribution < -0.4 is 10.1 Å². The van der Waals surface area contributed by atoms with E-state index in [-0.39, 0.29) is 0 Å². The Morgan fingerprint density at radius 2 is 1.86 bits per heavy atom. The Labute approximate surface area is 138 Å². The van der Waals surface area contributed by atoms with Gasteiger partial charge in [-0.1, -0.05) is 33.6 Å². The van der Waals surface area contributed by atoms with Gasteiger partial charge >= 0.3 is 0 Å². The van der Waals surface area contributed by atoms with Gasteiger partial charge in [-0.05, 0) is 42.0 Å². The smallest absolute Gasteiger partial charge is 0.119 e. The van der Waals surface area contributed by atoms with Crippen LogP contribution in [0.2, 0.25) is 5.02 Å². The first-order valence-corrected chi connectivity index (χ1v) is 7.76. The van der Waals surface area contributed by atoms with E-state index in [1.165, 1.54) is 0 Å². The van der Waals surface area contributed by atoms with Gasteiger partial charge in [-0.15, -0.1) is 0 Å². The Bertz CT molecular complexity index is 575. The Balaban J connectivity index is 1.88. The summed E-state index contributed by atoms with van der Waals surface area (Å²) >= 11 is 9.59. The molecular weight excluding hydrogens is 354 g/mol. The molecule has 0 amide bonds. The minimum Gasteiger partial charge on any atom is -0.491 e. The Morgan fingerprint density at radius 1 is 1.10 bits per heavy atom. The van der Waals surface area contributed by atoms with Crippen LogP contribution in [0.3, 0.4) is 0 Å². The third kappa shape index (κ3) is 5.23. The fourth-order valence-corrected chi connectivity index (χ4v) is 2.51. The molecule has 0 aliphatic rings. The van der Waals surface area contributed by atoms with Crippen LogP contribution in [0.5, 0.6) is 5.75 Å². The van der Waals surface area contributed by atoms with Crippen molar-refractivity contribution in [3.63, 3.8) is 0 Å². The maximum absolute atomic E-state index is 6.19. The molecule has 0 spiro atoms. The molecule has 0 saturated carbocycles. The summed E-state index contributed by atoms with van der Waals surface area (Å²) in [5.41, 5.74) is 2.08. The number of ether oxygens (including phenoxy) is 2. The SMILES string of the molecule is COCCOc1ccc(NCc2ccc(Br)cc2Cl)cc1. The monoisotopic (exact) mass is 369 g/mol. The van der Waals surface area contributed by atoms with Crippen molar-refractivity contribution in [3.05, 3.63) is 57.5 Å². The Morgan fingerprint density at radius 3 is 2.52 bits per heavy atom. The topological polar surface area (TPSA) is 30.5 Å². The van der Waals surface area contributed by atoms with Crippen LogP contribution in [0.1, 0.15) is 5.56 Å². The summed E-state index contributed by atoms with van der Waals surface area (Å²) in [4.78, 5) is 0. The van der Waals surface area contributed by atoms with Gasteiger partial charge in [0.25, 0.3) is 0 Å². The van der Waals surface area contributed by atoms with Crippen molar-refractivity contribution in [2.75, 3.05) is 25.6 Å². The van der Waals surface area contributed by atoms with Gasteiger partial charge in [0, 0.05) is 28.8 Å². The lowest BCUT2D eigenvalue weighted by atomic mass is 10.2. The van der Waals surface area contributed by atoms with Crippen LogP contribution in [0.25, 0.3) is 0 Å². The van der Waals surface area contributed by atoms with Gasteiger partial charge in [0.2, 0.25) is 0 Å². The first kappa shape index (κ1) is 16.1. The lowest BCUT2D eigenvalue weighted by Crippen LogP contribution is -2.04. The van der Waals surface area contributed by atoms with Gasteiger partial charge in [0.1, 0.15) is 12.4 Å². The summed E-state index contributed by atoms with van der Waals surface area (Å²) in [6.07, 6.45) is 0. The van der Waals surface area contributed by atoms with Gasteiger partial charge in [-0.3, -0.25) is 0 Å². The van der Waals surface area contributed by atoms with E-state index in [2.05, 4.69) is 21.2 Å². The summed E-state index contributed by atoms with van der Waals surface area (Å²) in [7, 11) is 1.66. The summed E-state index contributed by atoms with van der Waals surface area (Å²) in [6, 6.07) is 13.7. The molecule has 112 valence electrons. The molecular formula is C16H17BrClNO2. The molecule has 0 aliphatic heterocycles. The molecule has 0 unspecified atom stereocenters. The second kappa shape index (κ2) is 8.27. The predicted molar refractivity (Wildman–Crippen MR) is 90.3 cm³/mol. The van der Waals surface area contributed by atoms with Crippen LogP contribution in [0.15, 0.2) is 46.9 Å². The summed E-state index contributed by atoms with van der Waals surface area (Å²) in [5.74, 6) is 0.833. The molecule has 0 aromatic heterocycles. The van der Waals surface area contributed by atoms with Crippen LogP contribution in [0.4, 0.5) is 5.69 Å². The van der Waals surface area contributed by atoms with E-state index in [0.29, 0.717) is 19.8 Å². The highest BCUT2D eigenvalue weighted by atomic mass is 79.9. The highest BCUT2D eigenvalue weighted by Gasteiger charge is 2.01. The number of benzene rings is 2. The van der Waals surface area contributed by atoms with Crippen molar-refractivity contribution in [1.29, 1.82) is 0 Å². The molecule has 5 heteroatoms. The molecule has 0 fully saturated rings. The second-order valence-electron chi connectivity index (χ2n) is 4.45. The molecule has 0 bridgehead atoms. The maximum Gasteiger partial charge on any atom is 0.119 e. The first-order valence-electron chi connectivity index (χ1n) is 6.58. The molecule has 1 N–H and O–H groups in total. The number of halogens is 2. The number of hydrogen-bond donors (Lipinski definition) is 1. The Kier molecular flexibility index (Phi) is 6.36. The molecule has 0 saturated heterocycles. The highest BCUT2D eigenvalue weighted by molar-refractivity contribution is 9.10. The molecule has 3 nitrogen and oxygen atoms in total. The average molecular weight is 371 g/mol. The highest BCUT2D eigenvalue weighted by Crippen LogP contribution is 2.23. The standard InChI is InChI=1S/C16H17BrClNO2/c1-20-8-9-21-15-6-4-14(5-7-15)19-11-12-2-3-13(17)10-16(12)18/h2-7,10,19H,8-9,11H2,1H3. The molecule has 0 heterocycles. The average Bonchev–Trinajstić information content (AvgIpc) is 2.48. The Hall–Kier alpha value is -1.23. The normalized spacial score (nSPS) is 10.4. The maximum atomic E-state index is 6.19. The van der Waals surface area contributed by atoms with E-state index in [1.54, 1.807) is 7.11 Å². The van der Waals surface area contributed by atoms with Crippen LogP contribution in [0, 0.1) is 0 Å². The van der Waals surface area contributed by atoms with Crippen molar-refractivity contribution in [2.24, 2.45) is 0 Å². The van der Waals surface area contributed by atoms with E-state index >= 15 is 0 Å². The van der Waals surface area contributed by atoms with Gasteiger partial charge in [0.15, 0.2) is 0 Å². The zero-order chi connectivity index (χ0) is 15.1. The lowest BCUT2D eigenvalue weighted by Gasteiger charge is -2.10. The molecule has 0 aliphatic carbocycles. The molecule has 2 aromatic rings. The van der Waals surface area contributed by atoms with Crippen molar-refractivity contribution in [2.45, 2.75) is 6.54 Å². The fraction of sp³-hybridized carbons (Fsp3) is 0.250. The molecule has 0 atom stereocenters. The van der Waals surface area contributed by atoms with Crippen LogP contribution >= 0.6 is 27.5 Å². The fourth-order valence-electron chi connectivity index (χ4n) is 1.77. The number of hydrogen-bond acceptors (Lipinski definition) is 3. The quantitative estimate of drug-likeness (QED) is 0.714. The van der Waals surface area contributed by atoms with Crippen molar-refractivity contribution < 1.29 is 9.47 Å². The minimum absolute atomic E-state index is 0.553. The second-order valence-corrected chi connectivity index (χ2v) is 5.78. The van der Waals surface area contributed by atoms with Crippen LogP contribution in [-0.2, 0) is 11.3 Å². The summed E-state index contributed by atoms with van der Waals surface area (Å²) in [5, 5.41) is 4.08. The predicted octanol–water partition coefficient (Wildman–Crippen LogP) is 4.74. The van der Waals surface area contributed by atoms with E-state index in [4.69, 9.17) is 21.1 Å². The van der Waals surface area contributed by atoms with E-state index in [9.17, 15) is 0 Å². The minimum atomic E-state index is 0.553. The van der Waals surface area contributed by atoms with E-state index in [0.717, 1.165) is 26.5 Å². The zero-order valence-electron chi connectivity index (χ0n) is 11.7. The van der Waals surface area contributed by atoms with Gasteiger partial charge in [-0.2, -0.15) is 0 Å². The number of rotatable bonds is 7. The van der Waals surface area contributed by atoms with Crippen LogP contribution in [-0.4, -0.2) is 20.3 Å². The first-order chi connectivity index (χ1) is 10.2. The number of nitrogens with one attached hydrogen (secondary N) is 1. The van der Waals surface area contributed by atoms with Crippen molar-refractivity contribution >= 4 is 33.2 Å². The summed E-state index contributed by atoms with van der Waals surface area (Å²) in [6.45, 7) is 1.82. The number of methoxy groups -OCH3 is 1. The molecule has 21 heavy (non-hydrogen) atoms. The van der Waals surface area contributed by atoms with Gasteiger partial charge in [0.05, 0.1) is 6.61 Å². The zero-order valence-corrected chi connectivity index (χ0v) is 14.1. The molecule has 2 rings (SSSR count). The number of anilines is 1. The third-order valence-corrected chi connectivity index (χ3v) is 3.75. The van der Waals surface area contributed by atoms with E-state index in [1.807, 2.05) is 42.5 Å². The molecule has 0 radical (unpaired) electrons. The lowest BCUT2D eigenvalue weighted by molar-refractivity contribution is 0.146. The molecule has 2 aromatic carbocycles. The largest absolute Gasteiger partial charge is 0.491 e. The van der Waals surface area contributed by atoms with E-state index < -0.39 is 0 Å². The van der Waals surface area contributed by atoms with Gasteiger partial charge < -0.3 is 14.8 Å². The summed E-state index contributed by atoms with van der Waals surface area (Å²) < 4.78 is 11.4. The van der Waals surface area contributed by atoms with Gasteiger partial charge in [-0.25, -0.2) is 0 Å². The van der Waals surface area contributed by atoms with Crippen molar-refractivity contribution in [1.82, 2.24) is 0 Å². The van der Waals surface area contributed by atoms with Crippen molar-refractivity contribution in [3.8, 4) is 5.75 Å².